The second kappa shape index (κ2) is 6.12. The van der Waals surface area contributed by atoms with Crippen LogP contribution in [0.1, 0.15) is 25.3 Å². The van der Waals surface area contributed by atoms with E-state index in [0.29, 0.717) is 18.7 Å². The van der Waals surface area contributed by atoms with Crippen LogP contribution in [0.3, 0.4) is 0 Å². The molecule has 3 heteroatoms. The molecule has 2 N–H and O–H groups in total. The number of hydrogen-bond acceptors (Lipinski definition) is 3. The van der Waals surface area contributed by atoms with E-state index in [1.54, 1.807) is 11.3 Å². The van der Waals surface area contributed by atoms with E-state index >= 15 is 0 Å². The fraction of sp³-hybridized carbons (Fsp3) is 0.400. The summed E-state index contributed by atoms with van der Waals surface area (Å²) < 4.78 is 1.26. The predicted molar refractivity (Wildman–Crippen MR) is 78.0 cm³/mol. The molecule has 0 radical (unpaired) electrons. The predicted octanol–water partition coefficient (Wildman–Crippen LogP) is 3.39. The van der Waals surface area contributed by atoms with Gasteiger partial charge in [-0.3, -0.25) is 4.79 Å². The summed E-state index contributed by atoms with van der Waals surface area (Å²) >= 11 is 1.71. The number of carbonyl (C=O) groups is 1. The molecule has 1 aromatic heterocycles. The van der Waals surface area contributed by atoms with Crippen LogP contribution < -0.4 is 5.73 Å². The molecule has 96 valence electrons. The minimum Gasteiger partial charge on any atom is -0.330 e. The Hall–Kier alpha value is -1.19. The zero-order valence-corrected chi connectivity index (χ0v) is 11.5. The van der Waals surface area contributed by atoms with E-state index < -0.39 is 0 Å². The topological polar surface area (TPSA) is 43.1 Å². The maximum absolute atomic E-state index is 12.1. The average Bonchev–Trinajstić information content (AvgIpc) is 2.79. The lowest BCUT2D eigenvalue weighted by molar-refractivity contribution is -0.121. The van der Waals surface area contributed by atoms with Crippen LogP contribution in [0, 0.1) is 5.92 Å². The summed E-state index contributed by atoms with van der Waals surface area (Å²) in [6, 6.07) is 8.26. The summed E-state index contributed by atoms with van der Waals surface area (Å²) in [6.07, 6.45) is 2.38. The number of carbonyl (C=O) groups excluding carboxylic acids is 1. The number of hydrogen-bond donors (Lipinski definition) is 1. The van der Waals surface area contributed by atoms with Crippen molar-refractivity contribution < 1.29 is 4.79 Å². The maximum atomic E-state index is 12.1. The molecule has 0 aliphatic rings. The molecular formula is C15H19NOS. The van der Waals surface area contributed by atoms with Gasteiger partial charge in [0.25, 0.3) is 0 Å². The van der Waals surface area contributed by atoms with Crippen LogP contribution in [0.2, 0.25) is 0 Å². The normalized spacial score (nSPS) is 12.8. The highest BCUT2D eigenvalue weighted by atomic mass is 32.1. The Labute approximate surface area is 112 Å². The van der Waals surface area contributed by atoms with Gasteiger partial charge in [0.15, 0.2) is 0 Å². The van der Waals surface area contributed by atoms with Gasteiger partial charge in [0.2, 0.25) is 0 Å². The Morgan fingerprint density at radius 1 is 1.39 bits per heavy atom. The number of thiophene rings is 1. The third kappa shape index (κ3) is 2.98. The number of ketones is 1. The Balaban J connectivity index is 2.07. The van der Waals surface area contributed by atoms with Gasteiger partial charge in [-0.15, -0.1) is 11.3 Å². The summed E-state index contributed by atoms with van der Waals surface area (Å²) in [7, 11) is 0. The van der Waals surface area contributed by atoms with E-state index in [0.717, 1.165) is 12.8 Å². The standard InChI is InChI=1S/C15H19NOS/c1-11(5-4-8-16)14(17)9-12-10-18-15-7-3-2-6-13(12)15/h2-3,6-7,10-11H,4-5,8-9,16H2,1H3. The highest BCUT2D eigenvalue weighted by Crippen LogP contribution is 2.26. The molecule has 1 atom stereocenters. The fourth-order valence-corrected chi connectivity index (χ4v) is 3.08. The summed E-state index contributed by atoms with van der Waals surface area (Å²) in [4.78, 5) is 12.1. The number of nitrogens with two attached hydrogens (primary N) is 1. The largest absolute Gasteiger partial charge is 0.330 e. The molecule has 0 amide bonds. The lowest BCUT2D eigenvalue weighted by Gasteiger charge is -2.09. The van der Waals surface area contributed by atoms with Gasteiger partial charge in [-0.25, -0.2) is 0 Å². The molecule has 2 rings (SSSR count). The van der Waals surface area contributed by atoms with Gasteiger partial charge >= 0.3 is 0 Å². The zero-order chi connectivity index (χ0) is 13.0. The summed E-state index contributed by atoms with van der Waals surface area (Å²) in [5.74, 6) is 0.444. The van der Waals surface area contributed by atoms with E-state index in [9.17, 15) is 4.79 Å². The molecule has 0 fully saturated rings. The van der Waals surface area contributed by atoms with Crippen molar-refractivity contribution in [3.8, 4) is 0 Å². The van der Waals surface area contributed by atoms with Crippen LogP contribution in [0.15, 0.2) is 29.6 Å². The van der Waals surface area contributed by atoms with Crippen molar-refractivity contribution >= 4 is 27.2 Å². The molecule has 2 nitrogen and oxygen atoms in total. The van der Waals surface area contributed by atoms with Crippen molar-refractivity contribution in [3.05, 3.63) is 35.2 Å². The summed E-state index contributed by atoms with van der Waals surface area (Å²) in [5.41, 5.74) is 6.64. The van der Waals surface area contributed by atoms with Crippen molar-refractivity contribution in [2.24, 2.45) is 11.7 Å². The van der Waals surface area contributed by atoms with Gasteiger partial charge in [-0.1, -0.05) is 25.1 Å². The van der Waals surface area contributed by atoms with Crippen molar-refractivity contribution in [3.63, 3.8) is 0 Å². The minimum absolute atomic E-state index is 0.118. The van der Waals surface area contributed by atoms with Crippen molar-refractivity contribution in [1.29, 1.82) is 0 Å². The quantitative estimate of drug-likeness (QED) is 0.866. The van der Waals surface area contributed by atoms with Crippen LogP contribution in [-0.4, -0.2) is 12.3 Å². The van der Waals surface area contributed by atoms with Gasteiger partial charge in [0.05, 0.1) is 0 Å². The van der Waals surface area contributed by atoms with Crippen LogP contribution in [0.4, 0.5) is 0 Å². The summed E-state index contributed by atoms with van der Waals surface area (Å²) in [6.45, 7) is 2.67. The van der Waals surface area contributed by atoms with Gasteiger partial charge in [-0.2, -0.15) is 0 Å². The SMILES string of the molecule is CC(CCCN)C(=O)Cc1csc2ccccc12. The van der Waals surface area contributed by atoms with E-state index in [1.165, 1.54) is 15.6 Å². The van der Waals surface area contributed by atoms with E-state index in [-0.39, 0.29) is 5.92 Å². The molecule has 18 heavy (non-hydrogen) atoms. The Kier molecular flexibility index (Phi) is 4.50. The van der Waals surface area contributed by atoms with Gasteiger partial charge in [-0.05, 0) is 41.8 Å². The highest BCUT2D eigenvalue weighted by molar-refractivity contribution is 7.17. The molecule has 0 bridgehead atoms. The molecule has 1 heterocycles. The third-order valence-electron chi connectivity index (χ3n) is 3.32. The first-order valence-electron chi connectivity index (χ1n) is 6.40. The van der Waals surface area contributed by atoms with Gasteiger partial charge < -0.3 is 5.73 Å². The van der Waals surface area contributed by atoms with E-state index in [4.69, 9.17) is 5.73 Å². The molecule has 1 unspecified atom stereocenters. The lowest BCUT2D eigenvalue weighted by atomic mass is 9.95. The first-order chi connectivity index (χ1) is 8.72. The molecular weight excluding hydrogens is 242 g/mol. The minimum atomic E-state index is 0.118. The molecule has 0 saturated heterocycles. The second-order valence-corrected chi connectivity index (χ2v) is 5.64. The molecule has 1 aromatic carbocycles. The average molecular weight is 261 g/mol. The maximum Gasteiger partial charge on any atom is 0.140 e. The highest BCUT2D eigenvalue weighted by Gasteiger charge is 2.14. The van der Waals surface area contributed by atoms with Crippen LogP contribution in [0.5, 0.6) is 0 Å². The van der Waals surface area contributed by atoms with Crippen LogP contribution >= 0.6 is 11.3 Å². The molecule has 0 aliphatic heterocycles. The second-order valence-electron chi connectivity index (χ2n) is 4.73. The number of rotatable bonds is 6. The van der Waals surface area contributed by atoms with Crippen LogP contribution in [0.25, 0.3) is 10.1 Å². The first-order valence-corrected chi connectivity index (χ1v) is 7.28. The Morgan fingerprint density at radius 3 is 2.94 bits per heavy atom. The van der Waals surface area contributed by atoms with E-state index in [2.05, 4.69) is 17.5 Å². The fourth-order valence-electron chi connectivity index (χ4n) is 2.12. The van der Waals surface area contributed by atoms with Crippen molar-refractivity contribution in [2.45, 2.75) is 26.2 Å². The summed E-state index contributed by atoms with van der Waals surface area (Å²) in [5, 5.41) is 3.33. The Morgan fingerprint density at radius 2 is 2.17 bits per heavy atom. The first kappa shape index (κ1) is 13.2. The van der Waals surface area contributed by atoms with Gasteiger partial charge in [0.1, 0.15) is 5.78 Å². The Bertz CT molecular complexity index is 532. The lowest BCUT2D eigenvalue weighted by Crippen LogP contribution is -2.15. The van der Waals surface area contributed by atoms with Crippen molar-refractivity contribution in [2.75, 3.05) is 6.54 Å². The number of benzene rings is 1. The molecule has 0 spiro atoms. The smallest absolute Gasteiger partial charge is 0.140 e. The van der Waals surface area contributed by atoms with Crippen molar-refractivity contribution in [1.82, 2.24) is 0 Å². The number of fused-ring (bicyclic) bond motifs is 1. The molecule has 2 aromatic rings. The van der Waals surface area contributed by atoms with Crippen LogP contribution in [-0.2, 0) is 11.2 Å². The third-order valence-corrected chi connectivity index (χ3v) is 4.33. The molecule has 0 saturated carbocycles. The van der Waals surface area contributed by atoms with E-state index in [1.807, 2.05) is 19.1 Å². The monoisotopic (exact) mass is 261 g/mol. The number of Topliss-reactive ketones (excluding diaryl/α,β-unsaturated/α-hetero) is 1. The zero-order valence-electron chi connectivity index (χ0n) is 10.7. The van der Waals surface area contributed by atoms with Gasteiger partial charge in [0, 0.05) is 17.0 Å². The molecule has 0 aliphatic carbocycles.